The van der Waals surface area contributed by atoms with Gasteiger partial charge in [-0.3, -0.25) is 9.69 Å². The second-order valence-corrected chi connectivity index (χ2v) is 12.9. The number of carbonyl (C=O) groups excluding carboxylic acids is 1. The lowest BCUT2D eigenvalue weighted by Crippen LogP contribution is -2.61. The molecule has 0 radical (unpaired) electrons. The predicted molar refractivity (Wildman–Crippen MR) is 156 cm³/mol. The highest BCUT2D eigenvalue weighted by atomic mass is 19.4. The molecule has 3 aliphatic heterocycles. The Morgan fingerprint density at radius 1 is 0.977 bits per heavy atom. The number of carboxylic acids is 1. The number of amides is 1. The fourth-order valence-corrected chi connectivity index (χ4v) is 7.49. The summed E-state index contributed by atoms with van der Waals surface area (Å²) in [6, 6.07) is 10.0. The fraction of sp³-hybridized carbons (Fsp3) is 0.576. The molecule has 2 aromatic rings. The average Bonchev–Trinajstić information content (AvgIpc) is 3.87. The number of ether oxygens (including phenoxy) is 1. The first-order valence-corrected chi connectivity index (χ1v) is 15.6. The lowest BCUT2D eigenvalue weighted by atomic mass is 9.83. The largest absolute Gasteiger partial charge is 0.478 e. The zero-order chi connectivity index (χ0) is 31.2. The summed E-state index contributed by atoms with van der Waals surface area (Å²) in [4.78, 5) is 31.8. The zero-order valence-corrected chi connectivity index (χ0v) is 24.9. The van der Waals surface area contributed by atoms with Gasteiger partial charge >= 0.3 is 12.1 Å². The van der Waals surface area contributed by atoms with E-state index < -0.39 is 29.1 Å². The van der Waals surface area contributed by atoms with Crippen molar-refractivity contribution in [2.75, 3.05) is 44.2 Å². The third-order valence-corrected chi connectivity index (χ3v) is 10.1. The number of aromatic carboxylic acids is 1. The summed E-state index contributed by atoms with van der Waals surface area (Å²) in [5, 5.41) is 9.33. The first-order valence-electron chi connectivity index (χ1n) is 15.6. The second-order valence-electron chi connectivity index (χ2n) is 12.9. The molecule has 3 heterocycles. The number of anilines is 1. The van der Waals surface area contributed by atoms with Crippen molar-refractivity contribution in [3.8, 4) is 0 Å². The van der Waals surface area contributed by atoms with Crippen LogP contribution in [0.5, 0.6) is 0 Å². The molecule has 0 spiro atoms. The molecular weight excluding hydrogens is 578 g/mol. The van der Waals surface area contributed by atoms with Gasteiger partial charge < -0.3 is 19.6 Å². The maximum absolute atomic E-state index is 14.0. The van der Waals surface area contributed by atoms with E-state index in [1.807, 2.05) is 4.90 Å². The minimum atomic E-state index is -4.38. The molecule has 1 amide bonds. The smallest absolute Gasteiger partial charge is 0.416 e. The van der Waals surface area contributed by atoms with Gasteiger partial charge in [-0.15, -0.1) is 0 Å². The molecule has 0 aromatic heterocycles. The van der Waals surface area contributed by atoms with E-state index in [0.717, 1.165) is 38.4 Å². The Bertz CT molecular complexity index is 1380. The Morgan fingerprint density at radius 2 is 1.73 bits per heavy atom. The van der Waals surface area contributed by atoms with Gasteiger partial charge in [-0.05, 0) is 87.1 Å². The minimum absolute atomic E-state index is 0.0128. The van der Waals surface area contributed by atoms with Gasteiger partial charge in [0, 0.05) is 50.5 Å². The highest BCUT2D eigenvalue weighted by molar-refractivity contribution is 5.89. The van der Waals surface area contributed by atoms with Crippen molar-refractivity contribution in [1.82, 2.24) is 9.80 Å². The minimum Gasteiger partial charge on any atom is -0.478 e. The Morgan fingerprint density at radius 3 is 2.34 bits per heavy atom. The van der Waals surface area contributed by atoms with Crippen LogP contribution >= 0.6 is 0 Å². The summed E-state index contributed by atoms with van der Waals surface area (Å²) in [7, 11) is 0. The number of alkyl halides is 3. The lowest BCUT2D eigenvalue weighted by molar-refractivity contribution is -0.176. The lowest BCUT2D eigenvalue weighted by Gasteiger charge is -2.49. The fourth-order valence-electron chi connectivity index (χ4n) is 7.49. The van der Waals surface area contributed by atoms with Gasteiger partial charge in [-0.25, -0.2) is 9.18 Å². The summed E-state index contributed by atoms with van der Waals surface area (Å²) in [5.74, 6) is -1.81. The standard InChI is InChI=1S/C33H39F4N3O4/c1-21-19-39(15-16-40(21)26-7-8-29(34)28(18-26)30(41)42)27-9-12-32(44-20-27,24-5-6-24)31(43)38-13-10-22(11-14-38)23-3-2-4-25(17-23)33(35,36)37/h2-4,7-8,17-18,21-22,24,27H,5-6,9-16,19-20H2,1H3,(H,41,42)/t21?,27?,32-/m0/s1. The van der Waals surface area contributed by atoms with E-state index in [-0.39, 0.29) is 35.4 Å². The van der Waals surface area contributed by atoms with E-state index in [2.05, 4.69) is 16.7 Å². The number of hydrogen-bond acceptors (Lipinski definition) is 5. The van der Waals surface area contributed by atoms with Crippen molar-refractivity contribution in [1.29, 1.82) is 0 Å². The molecule has 44 heavy (non-hydrogen) atoms. The Hall–Kier alpha value is -3.18. The Kier molecular flexibility index (Phi) is 8.38. The number of piperazine rings is 1. The quantitative estimate of drug-likeness (QED) is 0.414. The van der Waals surface area contributed by atoms with E-state index >= 15 is 0 Å². The summed E-state index contributed by atoms with van der Waals surface area (Å²) in [6.45, 7) is 5.68. The molecule has 4 fully saturated rings. The van der Waals surface area contributed by atoms with Crippen LogP contribution in [0.3, 0.4) is 0 Å². The van der Waals surface area contributed by atoms with Crippen molar-refractivity contribution < 1.29 is 37.0 Å². The third kappa shape index (κ3) is 6.05. The molecule has 1 aliphatic carbocycles. The molecule has 7 nitrogen and oxygen atoms in total. The summed E-state index contributed by atoms with van der Waals surface area (Å²) < 4.78 is 60.2. The Balaban J connectivity index is 1.05. The van der Waals surface area contributed by atoms with Gasteiger partial charge in [0.2, 0.25) is 0 Å². The van der Waals surface area contributed by atoms with Gasteiger partial charge in [-0.2, -0.15) is 13.2 Å². The van der Waals surface area contributed by atoms with Crippen molar-refractivity contribution in [2.24, 2.45) is 5.92 Å². The van der Waals surface area contributed by atoms with Crippen molar-refractivity contribution in [2.45, 2.75) is 75.2 Å². The topological polar surface area (TPSA) is 73.3 Å². The van der Waals surface area contributed by atoms with Crippen molar-refractivity contribution in [3.05, 3.63) is 65.0 Å². The van der Waals surface area contributed by atoms with Crippen LogP contribution in [-0.2, 0) is 15.7 Å². The van der Waals surface area contributed by atoms with Crippen molar-refractivity contribution >= 4 is 17.6 Å². The number of likely N-dealkylation sites (tertiary alicyclic amines) is 1. The predicted octanol–water partition coefficient (Wildman–Crippen LogP) is 5.79. The van der Waals surface area contributed by atoms with Crippen molar-refractivity contribution in [3.63, 3.8) is 0 Å². The molecule has 2 unspecified atom stereocenters. The second kappa shape index (κ2) is 12.0. The van der Waals surface area contributed by atoms with Crippen LogP contribution in [-0.4, -0.2) is 83.8 Å². The van der Waals surface area contributed by atoms with Crippen LogP contribution < -0.4 is 4.90 Å². The summed E-state index contributed by atoms with van der Waals surface area (Å²) in [6.07, 6.45) is 0.269. The van der Waals surface area contributed by atoms with Crippen LogP contribution in [0.2, 0.25) is 0 Å². The van der Waals surface area contributed by atoms with Crippen LogP contribution in [0, 0.1) is 11.7 Å². The number of nitrogens with zero attached hydrogens (tertiary/aromatic N) is 3. The van der Waals surface area contributed by atoms with E-state index in [0.29, 0.717) is 56.8 Å². The Labute approximate surface area is 254 Å². The number of carbonyl (C=O) groups is 2. The number of benzene rings is 2. The molecule has 1 N–H and O–H groups in total. The maximum Gasteiger partial charge on any atom is 0.416 e. The number of hydrogen-bond donors (Lipinski definition) is 1. The number of carboxylic acid groups (broad SMARTS) is 1. The number of piperidine rings is 1. The molecule has 2 aromatic carbocycles. The van der Waals surface area contributed by atoms with Gasteiger partial charge in [0.1, 0.15) is 11.4 Å². The molecule has 4 aliphatic rings. The van der Waals surface area contributed by atoms with Crippen LogP contribution in [0.1, 0.15) is 72.9 Å². The SMILES string of the molecule is CC1CN(C2CC[C@@](C(=O)N3CCC(c4cccc(C(F)(F)F)c4)CC3)(C3CC3)OC2)CCN1c1ccc(F)c(C(=O)O)c1. The molecule has 11 heteroatoms. The average molecular weight is 618 g/mol. The third-order valence-electron chi connectivity index (χ3n) is 10.1. The van der Waals surface area contributed by atoms with Crippen LogP contribution in [0.4, 0.5) is 23.2 Å². The van der Waals surface area contributed by atoms with Gasteiger partial charge in [0.05, 0.1) is 17.7 Å². The summed E-state index contributed by atoms with van der Waals surface area (Å²) >= 11 is 0. The molecular formula is C33H39F4N3O4. The molecule has 1 saturated carbocycles. The van der Waals surface area contributed by atoms with Gasteiger partial charge in [0.15, 0.2) is 0 Å². The normalized spacial score (nSPS) is 27.4. The molecule has 6 rings (SSSR count). The van der Waals surface area contributed by atoms with E-state index in [1.165, 1.54) is 24.3 Å². The number of halogens is 4. The highest BCUT2D eigenvalue weighted by Crippen LogP contribution is 2.48. The first kappa shape index (κ1) is 30.8. The van der Waals surface area contributed by atoms with Crippen LogP contribution in [0.25, 0.3) is 0 Å². The van der Waals surface area contributed by atoms with Gasteiger partial charge in [0.25, 0.3) is 5.91 Å². The molecule has 238 valence electrons. The van der Waals surface area contributed by atoms with E-state index in [4.69, 9.17) is 4.74 Å². The number of rotatable bonds is 6. The van der Waals surface area contributed by atoms with E-state index in [1.54, 1.807) is 12.1 Å². The molecule has 0 bridgehead atoms. The molecule has 3 atom stereocenters. The van der Waals surface area contributed by atoms with Gasteiger partial charge in [-0.1, -0.05) is 18.2 Å². The monoisotopic (exact) mass is 617 g/mol. The van der Waals surface area contributed by atoms with E-state index in [9.17, 15) is 32.3 Å². The van der Waals surface area contributed by atoms with Crippen LogP contribution in [0.15, 0.2) is 42.5 Å². The first-order chi connectivity index (χ1) is 21.0. The maximum atomic E-state index is 14.0. The highest BCUT2D eigenvalue weighted by Gasteiger charge is 2.56. The summed E-state index contributed by atoms with van der Waals surface area (Å²) in [5.41, 5.74) is -0.430. The molecule has 3 saturated heterocycles. The zero-order valence-electron chi connectivity index (χ0n) is 24.9.